The second-order valence-corrected chi connectivity index (χ2v) is 5.58. The third-order valence-electron chi connectivity index (χ3n) is 3.95. The van der Waals surface area contributed by atoms with Crippen LogP contribution in [0.1, 0.15) is 22.0 Å². The third kappa shape index (κ3) is 2.16. The molecule has 0 spiro atoms. The fourth-order valence-corrected chi connectivity index (χ4v) is 2.86. The fraction of sp³-hybridized carbons (Fsp3) is 0.294. The van der Waals surface area contributed by atoms with Crippen LogP contribution in [0, 0.1) is 11.3 Å². The van der Waals surface area contributed by atoms with E-state index in [4.69, 9.17) is 0 Å². The molecule has 0 bridgehead atoms. The highest BCUT2D eigenvalue weighted by atomic mass is 16.2. The summed E-state index contributed by atoms with van der Waals surface area (Å²) in [6, 6.07) is 13.5. The number of nitrogens with zero attached hydrogens (tertiary/aromatic N) is 3. The Hall–Kier alpha value is -2.38. The largest absolute Gasteiger partial charge is 0.317 e. The molecule has 0 aromatic heterocycles. The van der Waals surface area contributed by atoms with Crippen molar-refractivity contribution < 1.29 is 4.79 Å². The van der Waals surface area contributed by atoms with E-state index in [1.807, 2.05) is 55.4 Å². The lowest BCUT2D eigenvalue weighted by Crippen LogP contribution is -2.34. The number of amides is 1. The highest BCUT2D eigenvalue weighted by molar-refractivity contribution is 6.11. The summed E-state index contributed by atoms with van der Waals surface area (Å²) in [6.45, 7) is 1.31. The molecule has 0 saturated carbocycles. The molecule has 21 heavy (non-hydrogen) atoms. The van der Waals surface area contributed by atoms with E-state index >= 15 is 0 Å². The summed E-state index contributed by atoms with van der Waals surface area (Å²) in [7, 11) is 3.93. The Balaban J connectivity index is 2.09. The van der Waals surface area contributed by atoms with Crippen molar-refractivity contribution in [2.45, 2.75) is 6.04 Å². The van der Waals surface area contributed by atoms with Crippen LogP contribution in [0.25, 0.3) is 10.8 Å². The third-order valence-corrected chi connectivity index (χ3v) is 3.95. The molecule has 1 amide bonds. The van der Waals surface area contributed by atoms with Crippen LogP contribution in [0.2, 0.25) is 0 Å². The van der Waals surface area contributed by atoms with E-state index in [0.29, 0.717) is 12.1 Å². The molecule has 2 aromatic carbocycles. The first-order valence-electron chi connectivity index (χ1n) is 7.00. The van der Waals surface area contributed by atoms with Gasteiger partial charge in [0.15, 0.2) is 0 Å². The van der Waals surface area contributed by atoms with Crippen LogP contribution >= 0.6 is 0 Å². The van der Waals surface area contributed by atoms with E-state index in [1.165, 1.54) is 0 Å². The molecule has 2 aromatic rings. The molecule has 3 rings (SSSR count). The number of carbonyl (C=O) groups excluding carboxylic acids is 1. The maximum absolute atomic E-state index is 12.7. The number of benzene rings is 2. The number of fused-ring (bicyclic) bond motifs is 3. The molecular weight excluding hydrogens is 262 g/mol. The first-order valence-corrected chi connectivity index (χ1v) is 7.00. The molecule has 0 fully saturated rings. The minimum atomic E-state index is -0.475. The number of likely N-dealkylation sites (N-methyl/N-ethyl adjacent to an activating group) is 1. The van der Waals surface area contributed by atoms with E-state index in [-0.39, 0.29) is 5.91 Å². The molecule has 0 saturated heterocycles. The quantitative estimate of drug-likeness (QED) is 0.867. The van der Waals surface area contributed by atoms with Gasteiger partial charge in [-0.05, 0) is 24.9 Å². The summed E-state index contributed by atoms with van der Waals surface area (Å²) in [5.41, 5.74) is 1.53. The summed E-state index contributed by atoms with van der Waals surface area (Å²) in [4.78, 5) is 16.4. The molecule has 4 nitrogen and oxygen atoms in total. The van der Waals surface area contributed by atoms with E-state index in [2.05, 4.69) is 6.07 Å². The Morgan fingerprint density at radius 1 is 1.24 bits per heavy atom. The van der Waals surface area contributed by atoms with Gasteiger partial charge in [0.2, 0.25) is 0 Å². The highest BCUT2D eigenvalue weighted by Crippen LogP contribution is 2.37. The summed E-state index contributed by atoms with van der Waals surface area (Å²) >= 11 is 0. The summed E-state index contributed by atoms with van der Waals surface area (Å²) in [6.07, 6.45) is 0. The molecule has 106 valence electrons. The molecule has 1 atom stereocenters. The average Bonchev–Trinajstić information content (AvgIpc) is 2.77. The van der Waals surface area contributed by atoms with Gasteiger partial charge in [-0.1, -0.05) is 36.4 Å². The van der Waals surface area contributed by atoms with Crippen molar-refractivity contribution in [1.29, 1.82) is 5.26 Å². The first kappa shape index (κ1) is 13.6. The standard InChI is InChI=1S/C17H17N3O/c1-19(2)9-10-20-15(11-18)14-8-7-12-5-3-4-6-13(12)16(14)17(20)21/h3-8,15H,9-10H2,1-2H3. The Kier molecular flexibility index (Phi) is 3.36. The van der Waals surface area contributed by atoms with Crippen molar-refractivity contribution in [3.63, 3.8) is 0 Å². The lowest BCUT2D eigenvalue weighted by Gasteiger charge is -2.22. The van der Waals surface area contributed by atoms with Crippen LogP contribution in [0.4, 0.5) is 0 Å². The van der Waals surface area contributed by atoms with Gasteiger partial charge in [0.05, 0.1) is 11.6 Å². The van der Waals surface area contributed by atoms with Crippen LogP contribution < -0.4 is 0 Å². The molecule has 1 heterocycles. The van der Waals surface area contributed by atoms with Gasteiger partial charge in [-0.2, -0.15) is 5.26 Å². The normalized spacial score (nSPS) is 17.3. The summed E-state index contributed by atoms with van der Waals surface area (Å²) in [5.74, 6) is -0.0322. The predicted molar refractivity (Wildman–Crippen MR) is 81.9 cm³/mol. The zero-order chi connectivity index (χ0) is 15.0. The van der Waals surface area contributed by atoms with E-state index in [1.54, 1.807) is 4.90 Å². The molecule has 1 aliphatic heterocycles. The molecule has 0 radical (unpaired) electrons. The van der Waals surface area contributed by atoms with Crippen molar-refractivity contribution in [2.24, 2.45) is 0 Å². The topological polar surface area (TPSA) is 47.3 Å². The average molecular weight is 279 g/mol. The smallest absolute Gasteiger partial charge is 0.256 e. The van der Waals surface area contributed by atoms with Crippen LogP contribution in [-0.2, 0) is 0 Å². The summed E-state index contributed by atoms with van der Waals surface area (Å²) in [5, 5.41) is 11.5. The van der Waals surface area contributed by atoms with Crippen LogP contribution in [0.3, 0.4) is 0 Å². The fourth-order valence-electron chi connectivity index (χ4n) is 2.86. The van der Waals surface area contributed by atoms with Gasteiger partial charge in [-0.25, -0.2) is 0 Å². The van der Waals surface area contributed by atoms with Crippen molar-refractivity contribution in [2.75, 3.05) is 27.2 Å². The Morgan fingerprint density at radius 2 is 2.00 bits per heavy atom. The molecule has 0 N–H and O–H groups in total. The maximum atomic E-state index is 12.7. The number of hydrogen-bond donors (Lipinski definition) is 0. The minimum Gasteiger partial charge on any atom is -0.317 e. The number of carbonyl (C=O) groups is 1. The second kappa shape index (κ2) is 5.19. The lowest BCUT2D eigenvalue weighted by atomic mass is 9.98. The molecule has 4 heteroatoms. The number of rotatable bonds is 3. The van der Waals surface area contributed by atoms with Gasteiger partial charge in [0.1, 0.15) is 6.04 Å². The monoisotopic (exact) mass is 279 g/mol. The van der Waals surface area contributed by atoms with E-state index in [0.717, 1.165) is 22.9 Å². The van der Waals surface area contributed by atoms with Crippen LogP contribution in [0.5, 0.6) is 0 Å². The Labute approximate surface area is 124 Å². The second-order valence-electron chi connectivity index (χ2n) is 5.58. The number of hydrogen-bond acceptors (Lipinski definition) is 3. The van der Waals surface area contributed by atoms with Crippen molar-refractivity contribution in [3.8, 4) is 6.07 Å². The van der Waals surface area contributed by atoms with Crippen molar-refractivity contribution in [1.82, 2.24) is 9.80 Å². The molecule has 0 aliphatic carbocycles. The van der Waals surface area contributed by atoms with Gasteiger partial charge in [-0.3, -0.25) is 4.79 Å². The van der Waals surface area contributed by atoms with E-state index < -0.39 is 6.04 Å². The van der Waals surface area contributed by atoms with Gasteiger partial charge in [0.25, 0.3) is 5.91 Å². The molecule has 1 unspecified atom stereocenters. The highest BCUT2D eigenvalue weighted by Gasteiger charge is 2.37. The number of nitriles is 1. The predicted octanol–water partition coefficient (Wildman–Crippen LogP) is 2.42. The minimum absolute atomic E-state index is 0.0322. The SMILES string of the molecule is CN(C)CCN1C(=O)c2c(ccc3ccccc23)C1C#N. The van der Waals surface area contributed by atoms with Gasteiger partial charge in [0, 0.05) is 18.7 Å². The van der Waals surface area contributed by atoms with Gasteiger partial charge in [-0.15, -0.1) is 0 Å². The van der Waals surface area contributed by atoms with Crippen LogP contribution in [0.15, 0.2) is 36.4 Å². The Morgan fingerprint density at radius 3 is 2.71 bits per heavy atom. The lowest BCUT2D eigenvalue weighted by molar-refractivity contribution is 0.0747. The maximum Gasteiger partial charge on any atom is 0.256 e. The molecule has 1 aliphatic rings. The van der Waals surface area contributed by atoms with E-state index in [9.17, 15) is 10.1 Å². The zero-order valence-electron chi connectivity index (χ0n) is 12.2. The summed E-state index contributed by atoms with van der Waals surface area (Å²) < 4.78 is 0. The van der Waals surface area contributed by atoms with Gasteiger partial charge < -0.3 is 9.80 Å². The van der Waals surface area contributed by atoms with Gasteiger partial charge >= 0.3 is 0 Å². The van der Waals surface area contributed by atoms with Crippen molar-refractivity contribution >= 4 is 16.7 Å². The molecular formula is C17H17N3O. The van der Waals surface area contributed by atoms with Crippen molar-refractivity contribution in [3.05, 3.63) is 47.5 Å². The Bertz CT molecular complexity index is 745. The van der Waals surface area contributed by atoms with Crippen LogP contribution in [-0.4, -0.2) is 42.9 Å². The first-order chi connectivity index (χ1) is 10.1. The zero-order valence-corrected chi connectivity index (χ0v) is 12.2.